The summed E-state index contributed by atoms with van der Waals surface area (Å²) in [5.41, 5.74) is -2.31. The second-order valence-corrected chi connectivity index (χ2v) is 8.05. The molecule has 1 heterocycles. The minimum atomic E-state index is -3.39. The van der Waals surface area contributed by atoms with E-state index < -0.39 is 50.5 Å². The van der Waals surface area contributed by atoms with Crippen molar-refractivity contribution in [3.63, 3.8) is 0 Å². The van der Waals surface area contributed by atoms with Gasteiger partial charge >= 0.3 is 12.1 Å². The third-order valence-electron chi connectivity index (χ3n) is 2.88. The standard InChI is InChI=1S/C12H19NO7S/c1-11(2,3)20-10(16)13-8(9(15)19-4)12(5-14)6-21(17,18)7-12/h5,8H,6-7H2,1-4H3,(H,13,16)/t8-/m1/s1. The number of methoxy groups -OCH3 is 1. The van der Waals surface area contributed by atoms with Crippen LogP contribution in [0.3, 0.4) is 0 Å². The van der Waals surface area contributed by atoms with Crippen LogP contribution in [0.2, 0.25) is 0 Å². The lowest BCUT2D eigenvalue weighted by atomic mass is 9.84. The number of nitrogens with one attached hydrogen (secondary N) is 1. The topological polar surface area (TPSA) is 116 Å². The summed E-state index contributed by atoms with van der Waals surface area (Å²) in [6, 6.07) is -1.40. The number of sulfone groups is 1. The molecule has 8 nitrogen and oxygen atoms in total. The van der Waals surface area contributed by atoms with E-state index >= 15 is 0 Å². The maximum Gasteiger partial charge on any atom is 0.408 e. The summed E-state index contributed by atoms with van der Waals surface area (Å²) in [7, 11) is -2.31. The Hall–Kier alpha value is -1.64. The molecule has 1 saturated heterocycles. The van der Waals surface area contributed by atoms with Crippen LogP contribution in [-0.2, 0) is 28.9 Å². The number of ether oxygens (including phenoxy) is 2. The molecular weight excluding hydrogens is 302 g/mol. The molecule has 0 aromatic carbocycles. The van der Waals surface area contributed by atoms with Gasteiger partial charge in [0.1, 0.15) is 17.9 Å². The van der Waals surface area contributed by atoms with Crippen molar-refractivity contribution < 1.29 is 32.3 Å². The molecule has 21 heavy (non-hydrogen) atoms. The SMILES string of the molecule is COC(=O)[C@@H](NC(=O)OC(C)(C)C)C1(C=O)CS(=O)(=O)C1. The Bertz CT molecular complexity index is 534. The van der Waals surface area contributed by atoms with Crippen molar-refractivity contribution in [2.75, 3.05) is 18.6 Å². The van der Waals surface area contributed by atoms with Crippen molar-refractivity contribution in [2.24, 2.45) is 5.41 Å². The zero-order valence-electron chi connectivity index (χ0n) is 12.3. The second-order valence-electron chi connectivity index (χ2n) is 5.99. The average molecular weight is 321 g/mol. The fourth-order valence-corrected chi connectivity index (χ4v) is 4.08. The maximum atomic E-state index is 11.8. The number of amides is 1. The summed E-state index contributed by atoms with van der Waals surface area (Å²) in [6.07, 6.45) is -0.559. The van der Waals surface area contributed by atoms with Crippen LogP contribution in [0.5, 0.6) is 0 Å². The monoisotopic (exact) mass is 321 g/mol. The molecule has 1 atom stereocenters. The number of rotatable bonds is 4. The highest BCUT2D eigenvalue weighted by Crippen LogP contribution is 2.35. The van der Waals surface area contributed by atoms with E-state index in [0.29, 0.717) is 6.29 Å². The van der Waals surface area contributed by atoms with Crippen LogP contribution in [0.25, 0.3) is 0 Å². The predicted molar refractivity (Wildman–Crippen MR) is 72.3 cm³/mol. The lowest BCUT2D eigenvalue weighted by molar-refractivity contribution is -0.148. The van der Waals surface area contributed by atoms with Gasteiger partial charge in [0.25, 0.3) is 0 Å². The Kier molecular flexibility index (Phi) is 4.66. The number of esters is 1. The number of carbonyl (C=O) groups excluding carboxylic acids is 3. The van der Waals surface area contributed by atoms with Crippen LogP contribution < -0.4 is 5.32 Å². The van der Waals surface area contributed by atoms with Gasteiger partial charge in [-0.15, -0.1) is 0 Å². The molecule has 0 saturated carbocycles. The molecule has 120 valence electrons. The fourth-order valence-electron chi connectivity index (χ4n) is 2.06. The minimum absolute atomic E-state index is 0.368. The summed E-state index contributed by atoms with van der Waals surface area (Å²) in [6.45, 7) is 4.88. The molecular formula is C12H19NO7S. The number of aldehydes is 1. The molecule has 0 unspecified atom stereocenters. The van der Waals surface area contributed by atoms with Crippen LogP contribution in [0.4, 0.5) is 4.79 Å². The average Bonchev–Trinajstić information content (AvgIpc) is 2.29. The highest BCUT2D eigenvalue weighted by Gasteiger charge is 2.57. The molecule has 0 spiro atoms. The van der Waals surface area contributed by atoms with E-state index in [1.807, 2.05) is 0 Å². The van der Waals surface area contributed by atoms with Crippen molar-refractivity contribution >= 4 is 28.2 Å². The Morgan fingerprint density at radius 3 is 2.14 bits per heavy atom. The number of carbonyl (C=O) groups is 3. The Morgan fingerprint density at radius 1 is 1.29 bits per heavy atom. The largest absolute Gasteiger partial charge is 0.467 e. The summed E-state index contributed by atoms with van der Waals surface area (Å²) in [4.78, 5) is 34.8. The third-order valence-corrected chi connectivity index (χ3v) is 4.84. The van der Waals surface area contributed by atoms with Crippen LogP contribution in [0.15, 0.2) is 0 Å². The molecule has 1 amide bonds. The first-order chi connectivity index (χ1) is 9.45. The van der Waals surface area contributed by atoms with Crippen molar-refractivity contribution in [3.8, 4) is 0 Å². The van der Waals surface area contributed by atoms with Crippen molar-refractivity contribution in [2.45, 2.75) is 32.4 Å². The summed E-state index contributed by atoms with van der Waals surface area (Å²) >= 11 is 0. The van der Waals surface area contributed by atoms with Gasteiger partial charge in [-0.25, -0.2) is 18.0 Å². The molecule has 0 aromatic heterocycles. The van der Waals surface area contributed by atoms with Crippen molar-refractivity contribution in [1.29, 1.82) is 0 Å². The first kappa shape index (κ1) is 17.4. The zero-order valence-corrected chi connectivity index (χ0v) is 13.2. The van der Waals surface area contributed by atoms with Gasteiger partial charge < -0.3 is 19.6 Å². The second kappa shape index (κ2) is 5.63. The fraction of sp³-hybridized carbons (Fsp3) is 0.750. The predicted octanol–water partition coefficient (Wildman–Crippen LogP) is -0.334. The van der Waals surface area contributed by atoms with E-state index in [4.69, 9.17) is 4.74 Å². The first-order valence-corrected chi connectivity index (χ1v) is 8.01. The van der Waals surface area contributed by atoms with E-state index in [2.05, 4.69) is 10.1 Å². The molecule has 1 fully saturated rings. The third kappa shape index (κ3) is 4.16. The van der Waals surface area contributed by atoms with Crippen molar-refractivity contribution in [1.82, 2.24) is 5.32 Å². The molecule has 1 aliphatic rings. The van der Waals surface area contributed by atoms with Gasteiger partial charge in [0.2, 0.25) is 0 Å². The van der Waals surface area contributed by atoms with E-state index in [9.17, 15) is 22.8 Å². The van der Waals surface area contributed by atoms with Crippen LogP contribution >= 0.6 is 0 Å². The zero-order chi connectivity index (χ0) is 16.5. The number of alkyl carbamates (subject to hydrolysis) is 1. The van der Waals surface area contributed by atoms with Gasteiger partial charge in [0, 0.05) is 0 Å². The highest BCUT2D eigenvalue weighted by atomic mass is 32.2. The van der Waals surface area contributed by atoms with E-state index in [-0.39, 0.29) is 0 Å². The quantitative estimate of drug-likeness (QED) is 0.556. The molecule has 1 rings (SSSR count). The van der Waals surface area contributed by atoms with Crippen LogP contribution in [0.1, 0.15) is 20.8 Å². The van der Waals surface area contributed by atoms with Gasteiger partial charge in [-0.3, -0.25) is 0 Å². The Labute approximate surface area is 123 Å². The van der Waals surface area contributed by atoms with Gasteiger partial charge in [0.05, 0.1) is 24.0 Å². The molecule has 1 aliphatic heterocycles. The lowest BCUT2D eigenvalue weighted by Gasteiger charge is -2.40. The Balaban J connectivity index is 2.95. The minimum Gasteiger partial charge on any atom is -0.467 e. The summed E-state index contributed by atoms with van der Waals surface area (Å²) < 4.78 is 32.2. The van der Waals surface area contributed by atoms with E-state index in [1.54, 1.807) is 20.8 Å². The van der Waals surface area contributed by atoms with Gasteiger partial charge in [-0.05, 0) is 20.8 Å². The molecule has 0 aromatic rings. The number of hydrogen-bond donors (Lipinski definition) is 1. The molecule has 9 heteroatoms. The Morgan fingerprint density at radius 2 is 1.81 bits per heavy atom. The lowest BCUT2D eigenvalue weighted by Crippen LogP contribution is -2.65. The number of hydrogen-bond acceptors (Lipinski definition) is 7. The normalized spacial score (nSPS) is 20.6. The molecule has 0 aliphatic carbocycles. The van der Waals surface area contributed by atoms with Gasteiger partial charge in [-0.1, -0.05) is 0 Å². The first-order valence-electron chi connectivity index (χ1n) is 6.19. The van der Waals surface area contributed by atoms with E-state index in [1.165, 1.54) is 0 Å². The van der Waals surface area contributed by atoms with Crippen LogP contribution in [-0.4, -0.2) is 57.0 Å². The smallest absolute Gasteiger partial charge is 0.408 e. The summed E-state index contributed by atoms with van der Waals surface area (Å²) in [5, 5.41) is 2.22. The van der Waals surface area contributed by atoms with Crippen LogP contribution in [0, 0.1) is 5.41 Å². The van der Waals surface area contributed by atoms with Crippen molar-refractivity contribution in [3.05, 3.63) is 0 Å². The molecule has 0 bridgehead atoms. The highest BCUT2D eigenvalue weighted by molar-refractivity contribution is 7.93. The van der Waals surface area contributed by atoms with Gasteiger partial charge in [0.15, 0.2) is 9.84 Å². The van der Waals surface area contributed by atoms with E-state index in [0.717, 1.165) is 7.11 Å². The maximum absolute atomic E-state index is 11.8. The molecule has 1 N–H and O–H groups in total. The molecule has 0 radical (unpaired) electrons. The summed E-state index contributed by atoms with van der Waals surface area (Å²) in [5.74, 6) is -1.93. The van der Waals surface area contributed by atoms with Gasteiger partial charge in [-0.2, -0.15) is 0 Å².